The molecular formula is C22H33N9O10S. The maximum atomic E-state index is 12.7. The van der Waals surface area contributed by atoms with Crippen molar-refractivity contribution in [2.24, 2.45) is 5.73 Å². The normalized spacial score (nSPS) is 12.5. The van der Waals surface area contributed by atoms with Crippen molar-refractivity contribution < 1.29 is 48.6 Å². The van der Waals surface area contributed by atoms with Gasteiger partial charge in [0.15, 0.2) is 0 Å². The lowest BCUT2D eigenvalue weighted by molar-refractivity contribution is -0.143. The number of amides is 6. The lowest BCUT2D eigenvalue weighted by atomic mass is 10.1. The molecule has 19 nitrogen and oxygen atoms in total. The van der Waals surface area contributed by atoms with E-state index in [-0.39, 0.29) is 18.6 Å². The van der Waals surface area contributed by atoms with E-state index in [9.17, 15) is 38.4 Å². The molecule has 0 aliphatic heterocycles. The van der Waals surface area contributed by atoms with Gasteiger partial charge in [-0.2, -0.15) is 12.6 Å². The standard InChI is InChI=1S/C22H33N9O10S/c23-12(9-42)20(38)27-5-15(32)26-8-18(35)31-14(3-11-4-24-10-29-11)21(39)28-6-16(33)25-7-17(34)30-13(22(40)41)1-2-19(36)37/h4,10,12-14,42H,1-3,5-9,23H2,(H,24,29)(H,25,33)(H,26,32)(H,27,38)(H,28,39)(H,30,34)(H,31,35)(H,36,37)(H,40,41)/t12-,13-,14-/m0/s1. The van der Waals surface area contributed by atoms with Crippen LogP contribution in [-0.4, -0.2) is 118 Å². The van der Waals surface area contributed by atoms with Gasteiger partial charge >= 0.3 is 11.9 Å². The molecule has 0 saturated carbocycles. The molecule has 3 atom stereocenters. The molecule has 6 amide bonds. The molecule has 0 aliphatic carbocycles. The predicted molar refractivity (Wildman–Crippen MR) is 145 cm³/mol. The Balaban J connectivity index is 2.57. The van der Waals surface area contributed by atoms with E-state index in [2.05, 4.69) is 54.5 Å². The number of nitrogens with zero attached hydrogens (tertiary/aromatic N) is 1. The van der Waals surface area contributed by atoms with Crippen LogP contribution in [0.15, 0.2) is 12.5 Å². The fourth-order valence-corrected chi connectivity index (χ4v) is 3.16. The van der Waals surface area contributed by atoms with Crippen molar-refractivity contribution in [3.8, 4) is 0 Å². The van der Waals surface area contributed by atoms with Crippen LogP contribution in [0.5, 0.6) is 0 Å². The zero-order valence-corrected chi connectivity index (χ0v) is 23.1. The molecular weight excluding hydrogens is 582 g/mol. The third kappa shape index (κ3) is 14.6. The average Bonchev–Trinajstić information content (AvgIpc) is 3.46. The number of thiol groups is 1. The number of nitrogens with one attached hydrogen (secondary N) is 7. The van der Waals surface area contributed by atoms with Gasteiger partial charge in [-0.25, -0.2) is 9.78 Å². The highest BCUT2D eigenvalue weighted by Gasteiger charge is 2.24. The molecule has 0 radical (unpaired) electrons. The molecule has 232 valence electrons. The van der Waals surface area contributed by atoms with Crippen LogP contribution in [-0.2, 0) is 44.8 Å². The molecule has 1 rings (SSSR count). The van der Waals surface area contributed by atoms with Gasteiger partial charge in [-0.15, -0.1) is 0 Å². The minimum Gasteiger partial charge on any atom is -0.481 e. The summed E-state index contributed by atoms with van der Waals surface area (Å²) in [4.78, 5) is 101. The highest BCUT2D eigenvalue weighted by atomic mass is 32.1. The zero-order valence-electron chi connectivity index (χ0n) is 22.2. The van der Waals surface area contributed by atoms with Crippen molar-refractivity contribution in [3.63, 3.8) is 0 Å². The van der Waals surface area contributed by atoms with Crippen LogP contribution in [0, 0.1) is 0 Å². The van der Waals surface area contributed by atoms with E-state index in [1.54, 1.807) is 0 Å². The molecule has 0 spiro atoms. The molecule has 0 unspecified atom stereocenters. The molecule has 42 heavy (non-hydrogen) atoms. The smallest absolute Gasteiger partial charge is 0.326 e. The van der Waals surface area contributed by atoms with Crippen LogP contribution < -0.4 is 37.6 Å². The second-order valence-corrected chi connectivity index (χ2v) is 8.94. The molecule has 0 aromatic carbocycles. The summed E-state index contributed by atoms with van der Waals surface area (Å²) in [5.41, 5.74) is 5.93. The average molecular weight is 616 g/mol. The first-order valence-corrected chi connectivity index (χ1v) is 12.9. The Morgan fingerprint density at radius 1 is 0.810 bits per heavy atom. The van der Waals surface area contributed by atoms with E-state index in [0.29, 0.717) is 5.69 Å². The third-order valence-corrected chi connectivity index (χ3v) is 5.58. The molecule has 0 saturated heterocycles. The minimum atomic E-state index is -1.48. The Bertz CT molecular complexity index is 1130. The lowest BCUT2D eigenvalue weighted by Crippen LogP contribution is -2.53. The molecule has 1 aromatic rings. The van der Waals surface area contributed by atoms with E-state index >= 15 is 0 Å². The van der Waals surface area contributed by atoms with Gasteiger partial charge in [-0.3, -0.25) is 33.6 Å². The number of carbonyl (C=O) groups excluding carboxylic acids is 6. The molecule has 1 aromatic heterocycles. The number of carbonyl (C=O) groups is 8. The van der Waals surface area contributed by atoms with Crippen LogP contribution >= 0.6 is 12.6 Å². The molecule has 20 heteroatoms. The Morgan fingerprint density at radius 2 is 1.33 bits per heavy atom. The number of H-pyrrole nitrogens is 1. The van der Waals surface area contributed by atoms with Gasteiger partial charge < -0.3 is 52.8 Å². The number of aromatic nitrogens is 2. The van der Waals surface area contributed by atoms with Crippen molar-refractivity contribution in [2.75, 3.05) is 31.9 Å². The van der Waals surface area contributed by atoms with Crippen LogP contribution in [0.2, 0.25) is 0 Å². The number of carboxylic acid groups (broad SMARTS) is 2. The second-order valence-electron chi connectivity index (χ2n) is 8.57. The largest absolute Gasteiger partial charge is 0.481 e. The number of rotatable bonds is 19. The number of aliphatic carboxylic acids is 2. The fourth-order valence-electron chi connectivity index (χ4n) is 3.00. The Morgan fingerprint density at radius 3 is 1.81 bits per heavy atom. The van der Waals surface area contributed by atoms with Gasteiger partial charge in [0.05, 0.1) is 38.5 Å². The van der Waals surface area contributed by atoms with E-state index in [1.165, 1.54) is 12.5 Å². The summed E-state index contributed by atoms with van der Waals surface area (Å²) in [5, 5.41) is 31.2. The summed E-state index contributed by atoms with van der Waals surface area (Å²) in [5.74, 6) is -7.22. The van der Waals surface area contributed by atoms with E-state index in [0.717, 1.165) is 0 Å². The van der Waals surface area contributed by atoms with Gasteiger partial charge in [0, 0.05) is 30.5 Å². The van der Waals surface area contributed by atoms with Crippen LogP contribution in [0.25, 0.3) is 0 Å². The highest BCUT2D eigenvalue weighted by molar-refractivity contribution is 7.80. The lowest BCUT2D eigenvalue weighted by Gasteiger charge is -2.18. The molecule has 0 fully saturated rings. The van der Waals surface area contributed by atoms with Crippen molar-refractivity contribution in [1.82, 2.24) is 41.9 Å². The Labute approximate surface area is 243 Å². The van der Waals surface area contributed by atoms with Crippen LogP contribution in [0.4, 0.5) is 0 Å². The number of hydrogen-bond acceptors (Lipinski definition) is 11. The summed E-state index contributed by atoms with van der Waals surface area (Å²) in [6.07, 6.45) is 1.81. The monoisotopic (exact) mass is 615 g/mol. The first kappa shape index (κ1) is 35.3. The van der Waals surface area contributed by atoms with Gasteiger partial charge in [0.25, 0.3) is 0 Å². The number of aromatic amines is 1. The van der Waals surface area contributed by atoms with Crippen molar-refractivity contribution in [2.45, 2.75) is 37.4 Å². The van der Waals surface area contributed by atoms with Crippen LogP contribution in [0.1, 0.15) is 18.5 Å². The summed E-state index contributed by atoms with van der Waals surface area (Å²) in [6, 6.07) is -3.60. The quantitative estimate of drug-likeness (QED) is 0.0650. The minimum absolute atomic E-state index is 0.0655. The zero-order chi connectivity index (χ0) is 31.7. The Hall–Kier alpha value is -4.72. The SMILES string of the molecule is N[C@@H](CS)C(=O)NCC(=O)NCC(=O)N[C@@H](Cc1cnc[nH]1)C(=O)NCC(=O)NCC(=O)N[C@@H](CCC(=O)O)C(=O)O. The molecule has 0 bridgehead atoms. The maximum Gasteiger partial charge on any atom is 0.326 e. The molecule has 1 heterocycles. The molecule has 0 aliphatic rings. The first-order chi connectivity index (χ1) is 19.8. The Kier molecular flexibility index (Phi) is 15.6. The topological polar surface area (TPSA) is 304 Å². The van der Waals surface area contributed by atoms with E-state index in [4.69, 9.17) is 15.9 Å². The summed E-state index contributed by atoms with van der Waals surface area (Å²) >= 11 is 3.87. The third-order valence-electron chi connectivity index (χ3n) is 5.18. The highest BCUT2D eigenvalue weighted by Crippen LogP contribution is 2.00. The maximum absolute atomic E-state index is 12.7. The van der Waals surface area contributed by atoms with Gasteiger partial charge in [0.1, 0.15) is 12.1 Å². The summed E-state index contributed by atoms with van der Waals surface area (Å²) in [6.45, 7) is -2.26. The number of nitrogens with two attached hydrogens (primary N) is 1. The summed E-state index contributed by atoms with van der Waals surface area (Å²) < 4.78 is 0. The van der Waals surface area contributed by atoms with Gasteiger partial charge in [-0.1, -0.05) is 0 Å². The number of carboxylic acids is 2. The van der Waals surface area contributed by atoms with Gasteiger partial charge in [-0.05, 0) is 6.42 Å². The second kappa shape index (κ2) is 18.6. The predicted octanol–water partition coefficient (Wildman–Crippen LogP) is -5.41. The summed E-state index contributed by atoms with van der Waals surface area (Å²) in [7, 11) is 0. The number of imidazole rings is 1. The van der Waals surface area contributed by atoms with E-state index in [1.807, 2.05) is 0 Å². The first-order valence-electron chi connectivity index (χ1n) is 12.3. The van der Waals surface area contributed by atoms with Crippen molar-refractivity contribution >= 4 is 60.0 Å². The van der Waals surface area contributed by atoms with Crippen molar-refractivity contribution in [1.29, 1.82) is 0 Å². The van der Waals surface area contributed by atoms with E-state index < -0.39 is 98.1 Å². The fraction of sp³-hybridized carbons (Fsp3) is 0.500. The van der Waals surface area contributed by atoms with Crippen molar-refractivity contribution in [3.05, 3.63) is 18.2 Å². The van der Waals surface area contributed by atoms with Crippen LogP contribution in [0.3, 0.4) is 0 Å². The number of hydrogen-bond donors (Lipinski definition) is 11. The van der Waals surface area contributed by atoms with Gasteiger partial charge in [0.2, 0.25) is 35.4 Å². The molecule has 11 N–H and O–H groups in total.